The minimum absolute atomic E-state index is 0.801. The average molecular weight is 802 g/mol. The van der Waals surface area contributed by atoms with E-state index in [0.29, 0.717) is 0 Å². The maximum Gasteiger partial charge on any atom is 0.280 e. The van der Waals surface area contributed by atoms with Gasteiger partial charge >= 0.3 is 0 Å². The van der Waals surface area contributed by atoms with E-state index in [0.717, 1.165) is 75.4 Å². The molecule has 0 fully saturated rings. The molecule has 0 heterocycles. The molecule has 12 nitrogen and oxygen atoms in total. The van der Waals surface area contributed by atoms with Gasteiger partial charge in [0.15, 0.2) is 0 Å². The summed E-state index contributed by atoms with van der Waals surface area (Å²) in [6.07, 6.45) is 12.0. The Balaban J connectivity index is 0.000000462. The minimum atomic E-state index is -3.38. The molecule has 0 spiro atoms. The number of hydrogen-bond acceptors (Lipinski definition) is 11. The number of para-hydroxylation sites is 3. The first-order chi connectivity index (χ1) is 26.3. The monoisotopic (exact) mass is 801 g/mol. The Morgan fingerprint density at radius 3 is 1.27 bits per heavy atom. The zero-order valence-corrected chi connectivity index (χ0v) is 32.8. The molecule has 6 rings (SSSR count). The number of primary sulfonamides is 1. The molecule has 0 aromatic heterocycles. The zero-order chi connectivity index (χ0) is 40.1. The lowest BCUT2D eigenvalue weighted by molar-refractivity contribution is -0.629. The van der Waals surface area contributed by atoms with Crippen molar-refractivity contribution in [3.63, 3.8) is 0 Å². The van der Waals surface area contributed by atoms with Gasteiger partial charge in [-0.25, -0.2) is 18.5 Å². The first-order valence-electron chi connectivity index (χ1n) is 16.3. The van der Waals surface area contributed by atoms with Gasteiger partial charge in [0.1, 0.15) is 0 Å². The summed E-state index contributed by atoms with van der Waals surface area (Å²) in [6.45, 7) is 0. The number of benzene rings is 5. The van der Waals surface area contributed by atoms with Crippen LogP contribution in [-0.4, -0.2) is 41.3 Å². The third-order valence-electron chi connectivity index (χ3n) is 6.95. The van der Waals surface area contributed by atoms with E-state index in [1.54, 1.807) is 6.26 Å². The van der Waals surface area contributed by atoms with E-state index < -0.39 is 20.1 Å². The van der Waals surface area contributed by atoms with Crippen LogP contribution in [0.5, 0.6) is 0 Å². The molecule has 0 radical (unpaired) electrons. The van der Waals surface area contributed by atoms with Gasteiger partial charge in [0.05, 0.1) is 12.5 Å². The van der Waals surface area contributed by atoms with Gasteiger partial charge in [-0.05, 0) is 95.0 Å². The molecule has 5 aromatic rings. The van der Waals surface area contributed by atoms with Crippen LogP contribution in [0, 0.1) is 0 Å². The number of rotatable bonds is 9. The number of anilines is 4. The van der Waals surface area contributed by atoms with E-state index in [-0.39, 0.29) is 0 Å². The molecule has 55 heavy (non-hydrogen) atoms. The van der Waals surface area contributed by atoms with Crippen LogP contribution >= 0.6 is 12.0 Å². The van der Waals surface area contributed by atoms with Gasteiger partial charge in [0, 0.05) is 53.3 Å². The van der Waals surface area contributed by atoms with Gasteiger partial charge in [-0.3, -0.25) is 0 Å². The van der Waals surface area contributed by atoms with Gasteiger partial charge in [0.2, 0.25) is 21.4 Å². The van der Waals surface area contributed by atoms with E-state index in [4.69, 9.17) is 5.26 Å². The molecular weight excluding hydrogens is 759 g/mol. The topological polar surface area (TPSA) is 200 Å². The van der Waals surface area contributed by atoms with Gasteiger partial charge in [-0.2, -0.15) is 18.6 Å². The predicted molar refractivity (Wildman–Crippen MR) is 222 cm³/mol. The van der Waals surface area contributed by atoms with Crippen LogP contribution in [0.2, 0.25) is 0 Å². The van der Waals surface area contributed by atoms with E-state index in [1.807, 2.05) is 54.6 Å². The zero-order valence-electron chi connectivity index (χ0n) is 30.3. The molecule has 0 saturated heterocycles. The summed E-state index contributed by atoms with van der Waals surface area (Å²) < 4.78 is 44.7. The number of sulfonamides is 1. The Morgan fingerprint density at radius 1 is 0.618 bits per heavy atom. The number of allylic oxidation sites excluding steroid dienone is 5. The van der Waals surface area contributed by atoms with Crippen molar-refractivity contribution in [2.75, 3.05) is 29.4 Å². The van der Waals surface area contributed by atoms with E-state index in [9.17, 15) is 16.8 Å². The second-order valence-corrected chi connectivity index (χ2v) is 15.2. The van der Waals surface area contributed by atoms with Gasteiger partial charge in [0.25, 0.3) is 10.1 Å². The Hall–Kier alpha value is -5.36. The quantitative estimate of drug-likeness (QED) is 0.0741. The SMILES string of the molecule is C1=CC(=C(c2ccc(Nc3ccccc3)cc2)c2ccc(Nc3ccccc3)cc2)C=CC1=[NH+]c1ccccc1.CS(=O)(=O)ON.CS(N)(=O)=O.CSO[O-]. The summed E-state index contributed by atoms with van der Waals surface area (Å²) in [5, 5.41) is 20.1. The number of nitrogens with one attached hydrogen (secondary N) is 3. The first kappa shape index (κ1) is 44.0. The van der Waals surface area contributed by atoms with Crippen molar-refractivity contribution in [1.29, 1.82) is 0 Å². The highest BCUT2D eigenvalue weighted by Crippen LogP contribution is 2.32. The van der Waals surface area contributed by atoms with E-state index in [2.05, 4.69) is 145 Å². The standard InChI is InChI=1S/C37H29N3.CH5NO3S.CH5NO2S.CH4O2S/c1-4-10-31(11-5-1)38-34-22-16-28(17-23-34)37(29-18-24-35(25-19-29)39-32-12-6-2-7-13-32)30-20-26-36(27-21-30)40-33-14-8-3-9-15-33;1-6(3,4)5-2;1-5(2,3)4;1-4-3-2/h1-27,38-39H;2H2,1H3;1H3,(H2,2,3,4);2H,1H3. The van der Waals surface area contributed by atoms with Crippen LogP contribution in [0.4, 0.5) is 28.4 Å². The maximum atomic E-state index is 9.65. The second kappa shape index (κ2) is 22.8. The molecule has 0 amide bonds. The summed E-state index contributed by atoms with van der Waals surface area (Å²) in [7, 11) is -6.55. The fourth-order valence-electron chi connectivity index (χ4n) is 4.73. The third kappa shape index (κ3) is 18.0. The highest BCUT2D eigenvalue weighted by atomic mass is 32.2. The third-order valence-corrected chi connectivity index (χ3v) is 7.44. The van der Waals surface area contributed by atoms with Crippen molar-refractivity contribution in [1.82, 2.24) is 0 Å². The first-order valence-corrected chi connectivity index (χ1v) is 21.2. The smallest absolute Gasteiger partial charge is 0.280 e. The van der Waals surface area contributed by atoms with Gasteiger partial charge < -0.3 is 20.2 Å². The largest absolute Gasteiger partial charge is 0.711 e. The lowest BCUT2D eigenvalue weighted by Gasteiger charge is -2.15. The van der Waals surface area contributed by atoms with Gasteiger partial charge in [-0.15, -0.1) is 0 Å². The molecule has 288 valence electrons. The van der Waals surface area contributed by atoms with Crippen LogP contribution in [0.15, 0.2) is 169 Å². The minimum Gasteiger partial charge on any atom is -0.711 e. The van der Waals surface area contributed by atoms with Gasteiger partial charge in [-0.1, -0.05) is 78.9 Å². The van der Waals surface area contributed by atoms with Crippen molar-refractivity contribution in [2.24, 2.45) is 11.0 Å². The molecule has 0 bridgehead atoms. The molecule has 0 aliphatic heterocycles. The van der Waals surface area contributed by atoms with Crippen LogP contribution in [-0.2, 0) is 28.8 Å². The highest BCUT2D eigenvalue weighted by Gasteiger charge is 2.13. The molecular formula is C40H43N5O7S3. The summed E-state index contributed by atoms with van der Waals surface area (Å²) in [5.41, 5.74) is 11.0. The Labute approximate surface area is 327 Å². The Morgan fingerprint density at radius 2 is 0.945 bits per heavy atom. The molecule has 0 atom stereocenters. The molecule has 1 aliphatic carbocycles. The van der Waals surface area contributed by atoms with Crippen molar-refractivity contribution in [2.45, 2.75) is 0 Å². The predicted octanol–water partition coefficient (Wildman–Crippen LogP) is 5.25. The lowest BCUT2D eigenvalue weighted by Crippen LogP contribution is -2.65. The van der Waals surface area contributed by atoms with Crippen LogP contribution in [0.3, 0.4) is 0 Å². The summed E-state index contributed by atoms with van der Waals surface area (Å²) in [5.74, 6) is 4.22. The second-order valence-electron chi connectivity index (χ2n) is 11.4. The fraction of sp³-hybridized carbons (Fsp3) is 0.0750. The highest BCUT2D eigenvalue weighted by molar-refractivity contribution is 7.93. The molecule has 5 aromatic carbocycles. The Bertz CT molecular complexity index is 2140. The fourth-order valence-corrected chi connectivity index (χ4v) is 4.73. The summed E-state index contributed by atoms with van der Waals surface area (Å²) in [6, 6.07) is 48.0. The molecule has 1 aliphatic rings. The molecule has 0 unspecified atom stereocenters. The molecule has 15 heteroatoms. The summed E-state index contributed by atoms with van der Waals surface area (Å²) in [4.78, 5) is 3.49. The summed E-state index contributed by atoms with van der Waals surface area (Å²) >= 11 is 0.801. The number of hydrogen-bond donors (Lipinski definition) is 5. The van der Waals surface area contributed by atoms with E-state index >= 15 is 0 Å². The Kier molecular flexibility index (Phi) is 18.2. The lowest BCUT2D eigenvalue weighted by atomic mass is 9.90. The van der Waals surface area contributed by atoms with E-state index in [1.165, 1.54) is 5.57 Å². The number of nitrogens with two attached hydrogens (primary N) is 2. The van der Waals surface area contributed by atoms with Crippen molar-refractivity contribution in [3.05, 3.63) is 181 Å². The van der Waals surface area contributed by atoms with Crippen LogP contribution in [0.25, 0.3) is 5.57 Å². The molecule has 0 saturated carbocycles. The van der Waals surface area contributed by atoms with Crippen molar-refractivity contribution >= 4 is 71.9 Å². The van der Waals surface area contributed by atoms with Crippen molar-refractivity contribution < 1.29 is 35.7 Å². The normalized spacial score (nSPS) is 11.7. The van der Waals surface area contributed by atoms with Crippen LogP contribution < -0.4 is 31.9 Å². The maximum absolute atomic E-state index is 9.65. The average Bonchev–Trinajstić information content (AvgIpc) is 3.18. The van der Waals surface area contributed by atoms with Crippen LogP contribution in [0.1, 0.15) is 11.1 Å². The molecule has 7 N–H and O–H groups in total. The van der Waals surface area contributed by atoms with Crippen molar-refractivity contribution in [3.8, 4) is 0 Å².